The number of hydrogen-bond donors (Lipinski definition) is 0. The first-order valence-electron chi connectivity index (χ1n) is 6.45. The predicted octanol–water partition coefficient (Wildman–Crippen LogP) is 3.48. The fourth-order valence-electron chi connectivity index (χ4n) is 2.36. The molecule has 0 amide bonds. The maximum Gasteiger partial charge on any atom is 0.0818 e. The fraction of sp³-hybridized carbons (Fsp3) is 0.643. The van der Waals surface area contributed by atoms with Gasteiger partial charge in [-0.05, 0) is 56.3 Å². The Bertz CT molecular complexity index is 358. The van der Waals surface area contributed by atoms with Crippen LogP contribution in [0.1, 0.15) is 37.0 Å². The molecular weight excluding hydrogens is 228 g/mol. The van der Waals surface area contributed by atoms with Crippen LogP contribution in [0.3, 0.4) is 0 Å². The van der Waals surface area contributed by atoms with Crippen LogP contribution in [-0.2, 0) is 0 Å². The molecule has 2 heterocycles. The highest BCUT2D eigenvalue weighted by atomic mass is 32.1. The lowest BCUT2D eigenvalue weighted by atomic mass is 9.98. The van der Waals surface area contributed by atoms with Gasteiger partial charge in [-0.25, -0.2) is 0 Å². The number of nitriles is 1. The largest absolute Gasteiger partial charge is 0.303 e. The second-order valence-electron chi connectivity index (χ2n) is 5.01. The molecule has 0 aliphatic carbocycles. The van der Waals surface area contributed by atoms with E-state index in [0.717, 1.165) is 18.9 Å². The third-order valence-electron chi connectivity index (χ3n) is 3.65. The maximum atomic E-state index is 9.21. The zero-order chi connectivity index (χ0) is 12.1. The van der Waals surface area contributed by atoms with Crippen LogP contribution < -0.4 is 0 Å². The van der Waals surface area contributed by atoms with E-state index < -0.39 is 0 Å². The molecule has 1 atom stereocenters. The molecule has 0 N–H and O–H groups in total. The minimum atomic E-state index is 0.0920. The monoisotopic (exact) mass is 248 g/mol. The highest BCUT2D eigenvalue weighted by Crippen LogP contribution is 2.25. The molecule has 17 heavy (non-hydrogen) atoms. The molecule has 1 fully saturated rings. The molecule has 3 heteroatoms. The molecule has 1 unspecified atom stereocenters. The van der Waals surface area contributed by atoms with Gasteiger partial charge < -0.3 is 4.90 Å². The molecule has 0 saturated carbocycles. The van der Waals surface area contributed by atoms with Gasteiger partial charge in [0.25, 0.3) is 0 Å². The molecule has 0 aromatic carbocycles. The first-order chi connectivity index (χ1) is 8.29. The van der Waals surface area contributed by atoms with E-state index in [4.69, 9.17) is 0 Å². The zero-order valence-corrected chi connectivity index (χ0v) is 11.2. The zero-order valence-electron chi connectivity index (χ0n) is 10.4. The van der Waals surface area contributed by atoms with Gasteiger partial charge in [-0.15, -0.1) is 11.3 Å². The van der Waals surface area contributed by atoms with Crippen molar-refractivity contribution >= 4 is 11.3 Å². The Kier molecular flexibility index (Phi) is 4.58. The van der Waals surface area contributed by atoms with Crippen LogP contribution in [0.4, 0.5) is 0 Å². The molecule has 0 radical (unpaired) electrons. The van der Waals surface area contributed by atoms with E-state index in [1.54, 1.807) is 11.3 Å². The highest BCUT2D eigenvalue weighted by Gasteiger charge is 2.18. The number of hydrogen-bond acceptors (Lipinski definition) is 3. The number of rotatable bonds is 4. The van der Waals surface area contributed by atoms with E-state index in [2.05, 4.69) is 29.3 Å². The van der Waals surface area contributed by atoms with Gasteiger partial charge >= 0.3 is 0 Å². The van der Waals surface area contributed by atoms with Gasteiger partial charge in [0.1, 0.15) is 0 Å². The lowest BCUT2D eigenvalue weighted by molar-refractivity contribution is 0.189. The Hall–Kier alpha value is -0.850. The van der Waals surface area contributed by atoms with E-state index in [1.807, 2.05) is 6.07 Å². The van der Waals surface area contributed by atoms with Crippen molar-refractivity contribution in [2.24, 2.45) is 5.92 Å². The van der Waals surface area contributed by atoms with Crippen LogP contribution in [0, 0.1) is 17.2 Å². The summed E-state index contributed by atoms with van der Waals surface area (Å²) in [6.45, 7) is 5.83. The quantitative estimate of drug-likeness (QED) is 0.815. The summed E-state index contributed by atoms with van der Waals surface area (Å²) in [6, 6.07) is 6.55. The topological polar surface area (TPSA) is 27.0 Å². The van der Waals surface area contributed by atoms with Crippen LogP contribution in [0.5, 0.6) is 0 Å². The molecule has 1 aromatic rings. The minimum Gasteiger partial charge on any atom is -0.303 e. The molecule has 1 aliphatic heterocycles. The summed E-state index contributed by atoms with van der Waals surface area (Å²) >= 11 is 1.70. The summed E-state index contributed by atoms with van der Waals surface area (Å²) in [4.78, 5) is 3.73. The standard InChI is InChI=1S/C14H20N2S/c1-12-4-7-16(8-5-12)9-6-13(11-15)14-3-2-10-17-14/h2-3,10,12-13H,4-9H2,1H3. The summed E-state index contributed by atoms with van der Waals surface area (Å²) in [5.41, 5.74) is 0. The molecule has 0 spiro atoms. The molecule has 0 bridgehead atoms. The van der Waals surface area contributed by atoms with Crippen LogP contribution >= 0.6 is 11.3 Å². The molecule has 1 saturated heterocycles. The second kappa shape index (κ2) is 6.18. The first kappa shape index (κ1) is 12.6. The summed E-state index contributed by atoms with van der Waals surface area (Å²) in [6.07, 6.45) is 3.61. The van der Waals surface area contributed by atoms with E-state index in [0.29, 0.717) is 0 Å². The van der Waals surface area contributed by atoms with Crippen molar-refractivity contribution in [3.8, 4) is 6.07 Å². The number of nitrogens with zero attached hydrogens (tertiary/aromatic N) is 2. The van der Waals surface area contributed by atoms with Crippen molar-refractivity contribution in [3.05, 3.63) is 22.4 Å². The van der Waals surface area contributed by atoms with E-state index >= 15 is 0 Å². The average molecular weight is 248 g/mol. The highest BCUT2D eigenvalue weighted by molar-refractivity contribution is 7.10. The lowest BCUT2D eigenvalue weighted by Crippen LogP contribution is -2.34. The van der Waals surface area contributed by atoms with Gasteiger partial charge in [0.2, 0.25) is 0 Å². The SMILES string of the molecule is CC1CCN(CCC(C#N)c2cccs2)CC1. The first-order valence-corrected chi connectivity index (χ1v) is 7.33. The molecule has 92 valence electrons. The van der Waals surface area contributed by atoms with E-state index in [-0.39, 0.29) is 5.92 Å². The molecular formula is C14H20N2S. The number of piperidine rings is 1. The van der Waals surface area contributed by atoms with Gasteiger partial charge in [-0.3, -0.25) is 0 Å². The van der Waals surface area contributed by atoms with Gasteiger partial charge in [0, 0.05) is 4.88 Å². The average Bonchev–Trinajstić information content (AvgIpc) is 2.86. The maximum absolute atomic E-state index is 9.21. The Morgan fingerprint density at radius 3 is 2.88 bits per heavy atom. The van der Waals surface area contributed by atoms with E-state index in [1.165, 1.54) is 30.8 Å². The van der Waals surface area contributed by atoms with Crippen molar-refractivity contribution < 1.29 is 0 Å². The Morgan fingerprint density at radius 2 is 2.29 bits per heavy atom. The Balaban J connectivity index is 1.79. The Morgan fingerprint density at radius 1 is 1.53 bits per heavy atom. The van der Waals surface area contributed by atoms with Crippen LogP contribution in [0.15, 0.2) is 17.5 Å². The number of thiophene rings is 1. The normalized spacial score (nSPS) is 20.0. The predicted molar refractivity (Wildman–Crippen MR) is 72.1 cm³/mol. The molecule has 2 rings (SSSR count). The molecule has 1 aliphatic rings. The third-order valence-corrected chi connectivity index (χ3v) is 4.64. The van der Waals surface area contributed by atoms with Crippen molar-refractivity contribution in [2.45, 2.75) is 32.1 Å². The van der Waals surface area contributed by atoms with Crippen molar-refractivity contribution in [1.29, 1.82) is 5.26 Å². The van der Waals surface area contributed by atoms with Crippen LogP contribution in [0.25, 0.3) is 0 Å². The molecule has 1 aromatic heterocycles. The van der Waals surface area contributed by atoms with Gasteiger partial charge in [0.05, 0.1) is 12.0 Å². The summed E-state index contributed by atoms with van der Waals surface area (Å²) in [7, 11) is 0. The second-order valence-corrected chi connectivity index (χ2v) is 5.99. The summed E-state index contributed by atoms with van der Waals surface area (Å²) < 4.78 is 0. The minimum absolute atomic E-state index is 0.0920. The molecule has 2 nitrogen and oxygen atoms in total. The van der Waals surface area contributed by atoms with Gasteiger partial charge in [0.15, 0.2) is 0 Å². The van der Waals surface area contributed by atoms with Gasteiger partial charge in [-0.2, -0.15) is 5.26 Å². The summed E-state index contributed by atoms with van der Waals surface area (Å²) in [5.74, 6) is 0.977. The van der Waals surface area contributed by atoms with Crippen molar-refractivity contribution in [1.82, 2.24) is 4.90 Å². The fourth-order valence-corrected chi connectivity index (χ4v) is 3.16. The van der Waals surface area contributed by atoms with Crippen molar-refractivity contribution in [2.75, 3.05) is 19.6 Å². The van der Waals surface area contributed by atoms with Gasteiger partial charge in [-0.1, -0.05) is 13.0 Å². The van der Waals surface area contributed by atoms with Crippen LogP contribution in [0.2, 0.25) is 0 Å². The lowest BCUT2D eigenvalue weighted by Gasteiger charge is -2.30. The smallest absolute Gasteiger partial charge is 0.0818 e. The summed E-state index contributed by atoms with van der Waals surface area (Å²) in [5, 5.41) is 11.3. The van der Waals surface area contributed by atoms with E-state index in [9.17, 15) is 5.26 Å². The van der Waals surface area contributed by atoms with Crippen molar-refractivity contribution in [3.63, 3.8) is 0 Å². The Labute approximate surface area is 108 Å². The van der Waals surface area contributed by atoms with Crippen LogP contribution in [-0.4, -0.2) is 24.5 Å². The third kappa shape index (κ3) is 3.55. The number of likely N-dealkylation sites (tertiary alicyclic amines) is 1.